The van der Waals surface area contributed by atoms with Crippen LogP contribution in [-0.2, 0) is 26.1 Å². The van der Waals surface area contributed by atoms with Crippen molar-refractivity contribution in [3.63, 3.8) is 0 Å². The molecule has 2 rings (SSSR count). The predicted molar refractivity (Wildman–Crippen MR) is 99.5 cm³/mol. The fourth-order valence-electron chi connectivity index (χ4n) is 2.21. The number of benzene rings is 2. The van der Waals surface area contributed by atoms with E-state index in [1.165, 1.54) is 19.1 Å². The number of aromatic carboxylic acids is 1. The van der Waals surface area contributed by atoms with Gasteiger partial charge in [0, 0.05) is 34.9 Å². The maximum absolute atomic E-state index is 12.1. The van der Waals surface area contributed by atoms with Crippen LogP contribution in [0.3, 0.4) is 0 Å². The minimum absolute atomic E-state index is 0.0933. The molecule has 0 fully saturated rings. The Labute approximate surface area is 152 Å². The van der Waals surface area contributed by atoms with Crippen molar-refractivity contribution in [2.45, 2.75) is 12.7 Å². The molecule has 0 saturated heterocycles. The molecule has 7 nitrogen and oxygen atoms in total. The van der Waals surface area contributed by atoms with E-state index in [4.69, 9.17) is 5.11 Å². The molecule has 0 aromatic heterocycles. The lowest BCUT2D eigenvalue weighted by Crippen LogP contribution is -2.20. The Kier molecular flexibility index (Phi) is 6.62. The monoisotopic (exact) mass is 374 g/mol. The molecule has 0 heterocycles. The molecule has 0 aliphatic heterocycles. The van der Waals surface area contributed by atoms with Crippen molar-refractivity contribution in [3.8, 4) is 0 Å². The number of rotatable bonds is 7. The third-order valence-corrected chi connectivity index (χ3v) is 4.52. The molecule has 2 aromatic carbocycles. The number of nitrogens with one attached hydrogen (secondary N) is 2. The highest BCUT2D eigenvalue weighted by atomic mass is 32.2. The second-order valence-electron chi connectivity index (χ2n) is 5.54. The van der Waals surface area contributed by atoms with Gasteiger partial charge in [-0.05, 0) is 42.0 Å². The van der Waals surface area contributed by atoms with E-state index in [-0.39, 0.29) is 23.0 Å². The second kappa shape index (κ2) is 8.91. The van der Waals surface area contributed by atoms with E-state index in [2.05, 4.69) is 10.6 Å². The van der Waals surface area contributed by atoms with Crippen LogP contribution in [0.15, 0.2) is 48.5 Å². The van der Waals surface area contributed by atoms with Crippen LogP contribution < -0.4 is 10.6 Å². The van der Waals surface area contributed by atoms with Gasteiger partial charge in [0.05, 0.1) is 5.56 Å². The van der Waals surface area contributed by atoms with E-state index in [9.17, 15) is 18.6 Å². The zero-order valence-electron chi connectivity index (χ0n) is 14.0. The summed E-state index contributed by atoms with van der Waals surface area (Å²) in [6, 6.07) is 12.7. The van der Waals surface area contributed by atoms with Crippen molar-refractivity contribution in [3.05, 3.63) is 59.7 Å². The van der Waals surface area contributed by atoms with E-state index in [1.54, 1.807) is 36.4 Å². The van der Waals surface area contributed by atoms with Crippen LogP contribution in [0.1, 0.15) is 22.8 Å². The molecule has 26 heavy (non-hydrogen) atoms. The van der Waals surface area contributed by atoms with Crippen LogP contribution in [0, 0.1) is 0 Å². The normalized spacial score (nSPS) is 11.4. The molecule has 0 bridgehead atoms. The number of carbonyl (C=O) groups excluding carboxylic acids is 2. The summed E-state index contributed by atoms with van der Waals surface area (Å²) in [6.07, 6.45) is 0. The van der Waals surface area contributed by atoms with Gasteiger partial charge in [0.25, 0.3) is 0 Å². The third-order valence-electron chi connectivity index (χ3n) is 3.28. The molecule has 136 valence electrons. The van der Waals surface area contributed by atoms with Gasteiger partial charge in [-0.15, -0.1) is 0 Å². The average molecular weight is 374 g/mol. The van der Waals surface area contributed by atoms with Crippen molar-refractivity contribution in [2.75, 3.05) is 16.4 Å². The van der Waals surface area contributed by atoms with Crippen LogP contribution >= 0.6 is 0 Å². The highest BCUT2D eigenvalue weighted by molar-refractivity contribution is 7.84. The highest BCUT2D eigenvalue weighted by Gasteiger charge is 2.11. The topological polar surface area (TPSA) is 113 Å². The van der Waals surface area contributed by atoms with Crippen LogP contribution in [0.5, 0.6) is 0 Å². The first-order valence-corrected chi connectivity index (χ1v) is 9.17. The van der Waals surface area contributed by atoms with Crippen molar-refractivity contribution in [1.82, 2.24) is 0 Å². The molecule has 0 aliphatic carbocycles. The third kappa shape index (κ3) is 6.14. The summed E-state index contributed by atoms with van der Waals surface area (Å²) in [5.41, 5.74) is 1.84. The standard InChI is InChI=1S/C18H18N2O5S/c1-12(21)19-15-5-7-16(8-6-15)20-17(22)11-26(25)10-13-3-2-4-14(9-13)18(23)24/h2-9H,10-11H2,1H3,(H,19,21)(H,20,22)(H,23,24). The first-order chi connectivity index (χ1) is 12.3. The summed E-state index contributed by atoms with van der Waals surface area (Å²) in [6.45, 7) is 1.40. The average Bonchev–Trinajstić information content (AvgIpc) is 2.56. The van der Waals surface area contributed by atoms with Crippen molar-refractivity contribution in [1.29, 1.82) is 0 Å². The SMILES string of the molecule is CC(=O)Nc1ccc(NC(=O)CS(=O)Cc2cccc(C(=O)O)c2)cc1. The molecule has 0 saturated carbocycles. The second-order valence-corrected chi connectivity index (χ2v) is 7.00. The minimum atomic E-state index is -1.47. The number of carbonyl (C=O) groups is 3. The summed E-state index contributed by atoms with van der Waals surface area (Å²) >= 11 is 0. The first-order valence-electron chi connectivity index (χ1n) is 7.68. The number of carboxylic acid groups (broad SMARTS) is 1. The van der Waals surface area contributed by atoms with Crippen LogP contribution in [-0.4, -0.2) is 32.9 Å². The van der Waals surface area contributed by atoms with Crippen LogP contribution in [0.25, 0.3) is 0 Å². The number of hydrogen-bond acceptors (Lipinski definition) is 4. The fraction of sp³-hybridized carbons (Fsp3) is 0.167. The lowest BCUT2D eigenvalue weighted by Gasteiger charge is -2.07. The Hall–Kier alpha value is -3.00. The molecule has 1 atom stereocenters. The quantitative estimate of drug-likeness (QED) is 0.688. The van der Waals surface area contributed by atoms with Gasteiger partial charge in [-0.25, -0.2) is 4.79 Å². The van der Waals surface area contributed by atoms with E-state index in [1.807, 2.05) is 0 Å². The molecule has 0 spiro atoms. The van der Waals surface area contributed by atoms with E-state index in [0.29, 0.717) is 16.9 Å². The van der Waals surface area contributed by atoms with Gasteiger partial charge in [0.1, 0.15) is 5.75 Å². The van der Waals surface area contributed by atoms with Gasteiger partial charge in [0.2, 0.25) is 11.8 Å². The van der Waals surface area contributed by atoms with Gasteiger partial charge in [-0.2, -0.15) is 0 Å². The molecule has 0 aliphatic rings. The molecule has 2 aromatic rings. The maximum Gasteiger partial charge on any atom is 0.335 e. The molecule has 8 heteroatoms. The van der Waals surface area contributed by atoms with E-state index in [0.717, 1.165) is 0 Å². The van der Waals surface area contributed by atoms with Gasteiger partial charge in [0.15, 0.2) is 0 Å². The van der Waals surface area contributed by atoms with Crippen LogP contribution in [0.4, 0.5) is 11.4 Å². The van der Waals surface area contributed by atoms with Gasteiger partial charge in [-0.3, -0.25) is 13.8 Å². The first kappa shape index (κ1) is 19.3. The van der Waals surface area contributed by atoms with Crippen molar-refractivity contribution >= 4 is 40.0 Å². The number of hydrogen-bond donors (Lipinski definition) is 3. The van der Waals surface area contributed by atoms with Crippen LogP contribution in [0.2, 0.25) is 0 Å². The fourth-order valence-corrected chi connectivity index (χ4v) is 3.23. The van der Waals surface area contributed by atoms with Gasteiger partial charge < -0.3 is 15.7 Å². The lowest BCUT2D eigenvalue weighted by molar-refractivity contribution is -0.114. The molecule has 0 radical (unpaired) electrons. The molecule has 1 unspecified atom stereocenters. The predicted octanol–water partition coefficient (Wildman–Crippen LogP) is 2.23. The number of anilines is 2. The summed E-state index contributed by atoms with van der Waals surface area (Å²) < 4.78 is 12.1. The van der Waals surface area contributed by atoms with Crippen molar-refractivity contribution < 1.29 is 23.7 Å². The van der Waals surface area contributed by atoms with Gasteiger partial charge >= 0.3 is 5.97 Å². The lowest BCUT2D eigenvalue weighted by atomic mass is 10.1. The van der Waals surface area contributed by atoms with Gasteiger partial charge in [-0.1, -0.05) is 12.1 Å². The van der Waals surface area contributed by atoms with E-state index >= 15 is 0 Å². The Morgan fingerprint density at radius 3 is 2.19 bits per heavy atom. The van der Waals surface area contributed by atoms with E-state index < -0.39 is 22.7 Å². The summed E-state index contributed by atoms with van der Waals surface area (Å²) in [7, 11) is -1.47. The largest absolute Gasteiger partial charge is 0.478 e. The highest BCUT2D eigenvalue weighted by Crippen LogP contribution is 2.14. The zero-order valence-corrected chi connectivity index (χ0v) is 14.8. The maximum atomic E-state index is 12.1. The summed E-state index contributed by atoms with van der Waals surface area (Å²) in [4.78, 5) is 33.9. The summed E-state index contributed by atoms with van der Waals surface area (Å²) in [5.74, 6) is -1.77. The minimum Gasteiger partial charge on any atom is -0.478 e. The number of amides is 2. The molecule has 2 amide bonds. The summed E-state index contributed by atoms with van der Waals surface area (Å²) in [5, 5.41) is 14.2. The zero-order chi connectivity index (χ0) is 19.1. The molecular weight excluding hydrogens is 356 g/mol. The molecule has 3 N–H and O–H groups in total. The van der Waals surface area contributed by atoms with Crippen molar-refractivity contribution in [2.24, 2.45) is 0 Å². The molecular formula is C18H18N2O5S. The number of carboxylic acids is 1. The smallest absolute Gasteiger partial charge is 0.335 e. The Bertz CT molecular complexity index is 849. The Morgan fingerprint density at radius 1 is 1.00 bits per heavy atom. The Balaban J connectivity index is 1.89. The Morgan fingerprint density at radius 2 is 1.62 bits per heavy atom.